The number of halogens is 2. The molecule has 0 saturated carbocycles. The summed E-state index contributed by atoms with van der Waals surface area (Å²) in [6.07, 6.45) is 1.65. The van der Waals surface area contributed by atoms with Crippen LogP contribution in [0.5, 0.6) is 5.75 Å². The van der Waals surface area contributed by atoms with Gasteiger partial charge >= 0.3 is 0 Å². The second kappa shape index (κ2) is 9.12. The highest BCUT2D eigenvalue weighted by Gasteiger charge is 2.19. The van der Waals surface area contributed by atoms with Gasteiger partial charge < -0.3 is 14.8 Å². The van der Waals surface area contributed by atoms with E-state index >= 15 is 0 Å². The third-order valence-corrected chi connectivity index (χ3v) is 4.46. The van der Waals surface area contributed by atoms with Crippen LogP contribution in [0, 0.1) is 12.7 Å². The first-order valence-electron chi connectivity index (χ1n) is 8.28. The largest absolute Gasteiger partial charge is 0.497 e. The molecule has 1 aromatic heterocycles. The molecule has 1 aliphatic rings. The Balaban J connectivity index is 0.00000243. The lowest BCUT2D eigenvalue weighted by molar-refractivity contribution is 0.0109. The van der Waals surface area contributed by atoms with Gasteiger partial charge in [-0.1, -0.05) is 0 Å². The number of nitrogens with zero attached hydrogens (tertiary/aromatic N) is 3. The van der Waals surface area contributed by atoms with Crippen LogP contribution in [-0.4, -0.2) is 61.4 Å². The van der Waals surface area contributed by atoms with Gasteiger partial charge in [-0.3, -0.25) is 4.90 Å². The lowest BCUT2D eigenvalue weighted by atomic mass is 10.1. The van der Waals surface area contributed by atoms with Crippen LogP contribution in [0.2, 0.25) is 0 Å². The molecule has 2 heterocycles. The van der Waals surface area contributed by atoms with E-state index in [-0.39, 0.29) is 24.3 Å². The van der Waals surface area contributed by atoms with E-state index in [0.717, 1.165) is 18.8 Å². The third-order valence-electron chi connectivity index (χ3n) is 4.46. The van der Waals surface area contributed by atoms with Gasteiger partial charge in [0.15, 0.2) is 0 Å². The maximum absolute atomic E-state index is 14.3. The number of hydrogen-bond acceptors (Lipinski definition) is 6. The second-order valence-electron chi connectivity index (χ2n) is 6.13. The molecular formula is C18H24ClFN4O2. The summed E-state index contributed by atoms with van der Waals surface area (Å²) in [7, 11) is 3.59. The molecule has 1 unspecified atom stereocenters. The molecule has 1 fully saturated rings. The van der Waals surface area contributed by atoms with E-state index < -0.39 is 0 Å². The predicted molar refractivity (Wildman–Crippen MR) is 102 cm³/mol. The molecule has 6 nitrogen and oxygen atoms in total. The Kier molecular flexibility index (Phi) is 7.14. The maximum Gasteiger partial charge on any atom is 0.222 e. The summed E-state index contributed by atoms with van der Waals surface area (Å²) in [6, 6.07) is 5.06. The monoisotopic (exact) mass is 382 g/mol. The number of methoxy groups -OCH3 is 1. The van der Waals surface area contributed by atoms with Crippen molar-refractivity contribution in [1.29, 1.82) is 0 Å². The summed E-state index contributed by atoms with van der Waals surface area (Å²) < 4.78 is 24.8. The smallest absolute Gasteiger partial charge is 0.222 e. The van der Waals surface area contributed by atoms with Crippen molar-refractivity contribution in [2.24, 2.45) is 0 Å². The SMILES string of the molecule is COc1ccc(-c2cnc(NCC3COCCN3C)nc2C)c(F)c1.Cl. The number of morpholine rings is 1. The number of hydrogen-bond donors (Lipinski definition) is 1. The number of likely N-dealkylation sites (N-methyl/N-ethyl adjacent to an activating group) is 1. The van der Waals surface area contributed by atoms with Gasteiger partial charge in [0.2, 0.25) is 5.95 Å². The van der Waals surface area contributed by atoms with Gasteiger partial charge in [0, 0.05) is 36.5 Å². The lowest BCUT2D eigenvalue weighted by Gasteiger charge is -2.32. The fourth-order valence-electron chi connectivity index (χ4n) is 2.82. The van der Waals surface area contributed by atoms with Gasteiger partial charge in [-0.15, -0.1) is 12.4 Å². The van der Waals surface area contributed by atoms with Crippen molar-refractivity contribution in [2.75, 3.05) is 45.8 Å². The fourth-order valence-corrected chi connectivity index (χ4v) is 2.82. The highest BCUT2D eigenvalue weighted by atomic mass is 35.5. The van der Waals surface area contributed by atoms with Crippen LogP contribution in [-0.2, 0) is 4.74 Å². The fraction of sp³-hybridized carbons (Fsp3) is 0.444. The quantitative estimate of drug-likeness (QED) is 0.858. The van der Waals surface area contributed by atoms with Crippen molar-refractivity contribution < 1.29 is 13.9 Å². The van der Waals surface area contributed by atoms with Gasteiger partial charge in [0.05, 0.1) is 32.1 Å². The number of aromatic nitrogens is 2. The van der Waals surface area contributed by atoms with Crippen LogP contribution < -0.4 is 10.1 Å². The molecule has 0 bridgehead atoms. The van der Waals surface area contributed by atoms with Crippen LogP contribution in [0.3, 0.4) is 0 Å². The van der Waals surface area contributed by atoms with Gasteiger partial charge in [0.1, 0.15) is 11.6 Å². The Morgan fingerprint density at radius 2 is 2.19 bits per heavy atom. The van der Waals surface area contributed by atoms with Gasteiger partial charge in [-0.2, -0.15) is 0 Å². The zero-order valence-electron chi connectivity index (χ0n) is 15.2. The summed E-state index contributed by atoms with van der Waals surface area (Å²) in [5.74, 6) is 0.666. The Hall–Kier alpha value is -1.96. The zero-order valence-corrected chi connectivity index (χ0v) is 16.0. The van der Waals surface area contributed by atoms with E-state index in [0.29, 0.717) is 36.0 Å². The van der Waals surface area contributed by atoms with Crippen LogP contribution in [0.25, 0.3) is 11.1 Å². The van der Waals surface area contributed by atoms with Crippen molar-refractivity contribution in [2.45, 2.75) is 13.0 Å². The molecule has 0 amide bonds. The van der Waals surface area contributed by atoms with Crippen LogP contribution >= 0.6 is 12.4 Å². The van der Waals surface area contributed by atoms with Crippen molar-refractivity contribution in [3.8, 4) is 16.9 Å². The lowest BCUT2D eigenvalue weighted by Crippen LogP contribution is -2.46. The summed E-state index contributed by atoms with van der Waals surface area (Å²) in [5, 5.41) is 3.24. The van der Waals surface area contributed by atoms with Gasteiger partial charge in [-0.05, 0) is 26.1 Å². The number of anilines is 1. The molecule has 1 N–H and O–H groups in total. The molecule has 0 radical (unpaired) electrons. The number of aryl methyl sites for hydroxylation is 1. The molecule has 0 aliphatic carbocycles. The Morgan fingerprint density at radius 1 is 1.38 bits per heavy atom. The van der Waals surface area contributed by atoms with Crippen molar-refractivity contribution in [1.82, 2.24) is 14.9 Å². The Morgan fingerprint density at radius 3 is 2.85 bits per heavy atom. The number of rotatable bonds is 5. The first-order chi connectivity index (χ1) is 12.1. The van der Waals surface area contributed by atoms with E-state index in [1.807, 2.05) is 6.92 Å². The zero-order chi connectivity index (χ0) is 17.8. The van der Waals surface area contributed by atoms with E-state index in [2.05, 4.69) is 27.2 Å². The summed E-state index contributed by atoms with van der Waals surface area (Å²) in [6.45, 7) is 4.93. The average molecular weight is 383 g/mol. The summed E-state index contributed by atoms with van der Waals surface area (Å²) in [4.78, 5) is 11.0. The van der Waals surface area contributed by atoms with Crippen LogP contribution in [0.4, 0.5) is 10.3 Å². The second-order valence-corrected chi connectivity index (χ2v) is 6.13. The highest BCUT2D eigenvalue weighted by Crippen LogP contribution is 2.28. The van der Waals surface area contributed by atoms with Crippen molar-refractivity contribution >= 4 is 18.4 Å². The number of ether oxygens (including phenoxy) is 2. The van der Waals surface area contributed by atoms with E-state index in [1.54, 1.807) is 18.3 Å². The number of benzene rings is 1. The average Bonchev–Trinajstić information content (AvgIpc) is 2.61. The molecule has 0 spiro atoms. The minimum Gasteiger partial charge on any atom is -0.497 e. The molecule has 1 aromatic carbocycles. The molecule has 1 atom stereocenters. The van der Waals surface area contributed by atoms with E-state index in [9.17, 15) is 4.39 Å². The molecule has 2 aromatic rings. The van der Waals surface area contributed by atoms with E-state index in [1.165, 1.54) is 13.2 Å². The number of nitrogens with one attached hydrogen (secondary N) is 1. The highest BCUT2D eigenvalue weighted by molar-refractivity contribution is 5.85. The van der Waals surface area contributed by atoms with Crippen molar-refractivity contribution in [3.05, 3.63) is 35.9 Å². The predicted octanol–water partition coefficient (Wildman–Crippen LogP) is 2.76. The van der Waals surface area contributed by atoms with Crippen molar-refractivity contribution in [3.63, 3.8) is 0 Å². The first-order valence-corrected chi connectivity index (χ1v) is 8.28. The van der Waals surface area contributed by atoms with Gasteiger partial charge in [0.25, 0.3) is 0 Å². The van der Waals surface area contributed by atoms with Crippen LogP contribution in [0.15, 0.2) is 24.4 Å². The summed E-state index contributed by atoms with van der Waals surface area (Å²) in [5.41, 5.74) is 1.85. The molecular weight excluding hydrogens is 359 g/mol. The van der Waals surface area contributed by atoms with Gasteiger partial charge in [-0.25, -0.2) is 14.4 Å². The van der Waals surface area contributed by atoms with E-state index in [4.69, 9.17) is 9.47 Å². The Bertz CT molecular complexity index is 747. The topological polar surface area (TPSA) is 59.5 Å². The maximum atomic E-state index is 14.3. The molecule has 8 heteroatoms. The minimum atomic E-state index is -0.354. The normalized spacial score (nSPS) is 17.5. The first kappa shape index (κ1) is 20.4. The molecule has 26 heavy (non-hydrogen) atoms. The molecule has 142 valence electrons. The third kappa shape index (κ3) is 4.60. The molecule has 1 saturated heterocycles. The molecule has 3 rings (SSSR count). The molecule has 1 aliphatic heterocycles. The van der Waals surface area contributed by atoms with Crippen LogP contribution in [0.1, 0.15) is 5.69 Å². The standard InChI is InChI=1S/C18H23FN4O2.ClH/c1-12-16(15-5-4-14(24-3)8-17(15)19)10-21-18(22-12)20-9-13-11-25-7-6-23(13)2;/h4-5,8,10,13H,6-7,9,11H2,1-3H3,(H,20,21,22);1H. The minimum absolute atomic E-state index is 0. The summed E-state index contributed by atoms with van der Waals surface area (Å²) >= 11 is 0. The Labute approximate surface area is 159 Å².